The molecule has 1 aromatic carbocycles. The zero-order valence-electron chi connectivity index (χ0n) is 10.2. The molecule has 1 fully saturated rings. The lowest BCUT2D eigenvalue weighted by atomic mass is 10.1. The molecule has 0 radical (unpaired) electrons. The van der Waals surface area contributed by atoms with Gasteiger partial charge in [0.15, 0.2) is 0 Å². The van der Waals surface area contributed by atoms with Gasteiger partial charge in [0.1, 0.15) is 5.82 Å². The number of ether oxygens (including phenoxy) is 2. The molecule has 0 bridgehead atoms. The van der Waals surface area contributed by atoms with Crippen LogP contribution in [-0.4, -0.2) is 38.4 Å². The summed E-state index contributed by atoms with van der Waals surface area (Å²) in [7, 11) is 0. The van der Waals surface area contributed by atoms with Gasteiger partial charge in [-0.3, -0.25) is 4.79 Å². The molecule has 1 heterocycles. The molecule has 2 rings (SSSR count). The summed E-state index contributed by atoms with van der Waals surface area (Å²) >= 11 is 0. The van der Waals surface area contributed by atoms with E-state index in [1.165, 1.54) is 18.2 Å². The van der Waals surface area contributed by atoms with Crippen LogP contribution in [0.5, 0.6) is 0 Å². The van der Waals surface area contributed by atoms with Crippen molar-refractivity contribution >= 4 is 5.91 Å². The smallest absolute Gasteiger partial charge is 0.251 e. The number of benzene rings is 1. The van der Waals surface area contributed by atoms with Gasteiger partial charge in [0.2, 0.25) is 0 Å². The minimum Gasteiger partial charge on any atom is -0.376 e. The second-order valence-corrected chi connectivity index (χ2v) is 4.24. The Morgan fingerprint density at radius 3 is 3.00 bits per heavy atom. The summed E-state index contributed by atoms with van der Waals surface area (Å²) in [5.74, 6) is -0.560. The zero-order chi connectivity index (χ0) is 13.0. The van der Waals surface area contributed by atoms with E-state index in [9.17, 15) is 9.18 Å². The lowest BCUT2D eigenvalue weighted by Gasteiger charge is -2.23. The Hall–Kier alpha value is -1.46. The van der Waals surface area contributed by atoms with Crippen molar-refractivity contribution < 1.29 is 18.7 Å². The van der Waals surface area contributed by atoms with E-state index in [0.717, 1.165) is 0 Å². The van der Waals surface area contributed by atoms with E-state index in [1.807, 2.05) is 0 Å². The van der Waals surface area contributed by atoms with Gasteiger partial charge in [-0.05, 0) is 30.7 Å². The molecular formula is C13H16FNO3. The van der Waals surface area contributed by atoms with E-state index in [1.54, 1.807) is 6.92 Å². The average molecular weight is 253 g/mol. The zero-order valence-corrected chi connectivity index (χ0v) is 10.2. The molecule has 98 valence electrons. The minimum atomic E-state index is -0.340. The summed E-state index contributed by atoms with van der Waals surface area (Å²) in [5, 5.41) is 2.76. The number of amides is 1. The van der Waals surface area contributed by atoms with Crippen LogP contribution in [0.1, 0.15) is 15.9 Å². The predicted molar refractivity (Wildman–Crippen MR) is 64.0 cm³/mol. The van der Waals surface area contributed by atoms with E-state index >= 15 is 0 Å². The fourth-order valence-corrected chi connectivity index (χ4v) is 1.84. The molecule has 18 heavy (non-hydrogen) atoms. The summed E-state index contributed by atoms with van der Waals surface area (Å²) in [6.45, 7) is 3.74. The van der Waals surface area contributed by atoms with Gasteiger partial charge in [0.05, 0.1) is 25.9 Å². The van der Waals surface area contributed by atoms with Gasteiger partial charge in [-0.1, -0.05) is 0 Å². The first kappa shape index (κ1) is 13.0. The van der Waals surface area contributed by atoms with E-state index in [0.29, 0.717) is 37.5 Å². The van der Waals surface area contributed by atoms with Gasteiger partial charge in [0.25, 0.3) is 5.91 Å². The molecule has 1 aliphatic heterocycles. The molecule has 1 aromatic rings. The van der Waals surface area contributed by atoms with Crippen LogP contribution in [0.25, 0.3) is 0 Å². The molecule has 4 nitrogen and oxygen atoms in total. The number of hydrogen-bond acceptors (Lipinski definition) is 3. The van der Waals surface area contributed by atoms with E-state index in [2.05, 4.69) is 5.32 Å². The molecular weight excluding hydrogens is 237 g/mol. The van der Waals surface area contributed by atoms with Crippen LogP contribution in [0, 0.1) is 12.7 Å². The number of aryl methyl sites for hydroxylation is 1. The number of rotatable bonds is 3. The topological polar surface area (TPSA) is 47.6 Å². The van der Waals surface area contributed by atoms with Crippen LogP contribution in [0.4, 0.5) is 4.39 Å². The van der Waals surface area contributed by atoms with Crippen molar-refractivity contribution in [2.75, 3.05) is 26.4 Å². The van der Waals surface area contributed by atoms with Crippen molar-refractivity contribution in [2.45, 2.75) is 13.0 Å². The van der Waals surface area contributed by atoms with Crippen LogP contribution in [0.15, 0.2) is 18.2 Å². The van der Waals surface area contributed by atoms with Crippen molar-refractivity contribution in [2.24, 2.45) is 0 Å². The fraction of sp³-hybridized carbons (Fsp3) is 0.462. The molecule has 1 N–H and O–H groups in total. The van der Waals surface area contributed by atoms with Crippen molar-refractivity contribution in [3.05, 3.63) is 35.1 Å². The predicted octanol–water partition coefficient (Wildman–Crippen LogP) is 1.28. The maximum Gasteiger partial charge on any atom is 0.251 e. The van der Waals surface area contributed by atoms with Crippen molar-refractivity contribution in [1.82, 2.24) is 5.32 Å². The maximum atomic E-state index is 12.9. The van der Waals surface area contributed by atoms with Crippen molar-refractivity contribution in [3.63, 3.8) is 0 Å². The Balaban J connectivity index is 1.90. The lowest BCUT2D eigenvalue weighted by molar-refractivity contribution is -0.0855. The summed E-state index contributed by atoms with van der Waals surface area (Å²) in [5.41, 5.74) is 1.10. The first-order chi connectivity index (χ1) is 8.66. The standard InChI is InChI=1S/C13H16FNO3/c1-9-6-10(14)2-3-12(9)13(16)15-7-11-8-17-4-5-18-11/h2-3,6,11H,4-5,7-8H2,1H3,(H,15,16). The van der Waals surface area contributed by atoms with E-state index in [4.69, 9.17) is 9.47 Å². The maximum absolute atomic E-state index is 12.9. The van der Waals surface area contributed by atoms with Crippen LogP contribution >= 0.6 is 0 Å². The molecule has 0 aromatic heterocycles. The highest BCUT2D eigenvalue weighted by Crippen LogP contribution is 2.10. The molecule has 1 unspecified atom stereocenters. The third-order valence-corrected chi connectivity index (χ3v) is 2.81. The van der Waals surface area contributed by atoms with Crippen LogP contribution in [0.2, 0.25) is 0 Å². The SMILES string of the molecule is Cc1cc(F)ccc1C(=O)NCC1COCCO1. The van der Waals surface area contributed by atoms with E-state index in [-0.39, 0.29) is 17.8 Å². The number of carbonyl (C=O) groups is 1. The van der Waals surface area contributed by atoms with Crippen molar-refractivity contribution in [3.8, 4) is 0 Å². The highest BCUT2D eigenvalue weighted by atomic mass is 19.1. The van der Waals surface area contributed by atoms with Gasteiger partial charge in [-0.25, -0.2) is 4.39 Å². The summed E-state index contributed by atoms with van der Waals surface area (Å²) in [6, 6.07) is 4.11. The van der Waals surface area contributed by atoms with E-state index < -0.39 is 0 Å². The van der Waals surface area contributed by atoms with Crippen LogP contribution in [0.3, 0.4) is 0 Å². The quantitative estimate of drug-likeness (QED) is 0.882. The van der Waals surface area contributed by atoms with Gasteiger partial charge < -0.3 is 14.8 Å². The Kier molecular flexibility index (Phi) is 4.28. The molecule has 1 atom stereocenters. The Labute approximate surface area is 105 Å². The fourth-order valence-electron chi connectivity index (χ4n) is 1.84. The molecule has 0 saturated carbocycles. The molecule has 0 aliphatic carbocycles. The van der Waals surface area contributed by atoms with Gasteiger partial charge in [0, 0.05) is 12.1 Å². The van der Waals surface area contributed by atoms with Gasteiger partial charge in [-0.2, -0.15) is 0 Å². The monoisotopic (exact) mass is 253 g/mol. The first-order valence-corrected chi connectivity index (χ1v) is 5.90. The summed E-state index contributed by atoms with van der Waals surface area (Å²) in [4.78, 5) is 11.9. The van der Waals surface area contributed by atoms with Gasteiger partial charge >= 0.3 is 0 Å². The highest BCUT2D eigenvalue weighted by Gasteiger charge is 2.16. The average Bonchev–Trinajstić information content (AvgIpc) is 2.37. The third-order valence-electron chi connectivity index (χ3n) is 2.81. The normalized spacial score (nSPS) is 19.6. The Morgan fingerprint density at radius 1 is 1.50 bits per heavy atom. The summed E-state index contributed by atoms with van der Waals surface area (Å²) < 4.78 is 23.6. The second-order valence-electron chi connectivity index (χ2n) is 4.24. The largest absolute Gasteiger partial charge is 0.376 e. The van der Waals surface area contributed by atoms with Crippen molar-refractivity contribution in [1.29, 1.82) is 0 Å². The third kappa shape index (κ3) is 3.27. The highest BCUT2D eigenvalue weighted by molar-refractivity contribution is 5.95. The van der Waals surface area contributed by atoms with Crippen LogP contribution in [-0.2, 0) is 9.47 Å². The molecule has 1 amide bonds. The lowest BCUT2D eigenvalue weighted by Crippen LogP contribution is -2.39. The molecule has 1 aliphatic rings. The summed E-state index contributed by atoms with van der Waals surface area (Å²) in [6.07, 6.45) is -0.108. The molecule has 5 heteroatoms. The number of carbonyl (C=O) groups excluding carboxylic acids is 1. The Morgan fingerprint density at radius 2 is 2.33 bits per heavy atom. The number of nitrogens with one attached hydrogen (secondary N) is 1. The van der Waals surface area contributed by atoms with Gasteiger partial charge in [-0.15, -0.1) is 0 Å². The molecule has 0 spiro atoms. The minimum absolute atomic E-state index is 0.108. The number of hydrogen-bond donors (Lipinski definition) is 1. The first-order valence-electron chi connectivity index (χ1n) is 5.90. The second kappa shape index (κ2) is 5.93. The van der Waals surface area contributed by atoms with Crippen LogP contribution < -0.4 is 5.32 Å². The Bertz CT molecular complexity index is 430. The number of halogens is 1. The molecule has 1 saturated heterocycles.